The SMILES string of the molecule is CC1CCCC2C(CC3CCCC4CC(CC5CCC6CCCCN6C5)CCCN43)C=CCN12. The molecule has 0 aromatic carbocycles. The van der Waals surface area contributed by atoms with Gasteiger partial charge in [0, 0.05) is 43.3 Å². The van der Waals surface area contributed by atoms with E-state index < -0.39 is 0 Å². The summed E-state index contributed by atoms with van der Waals surface area (Å²) in [6.07, 6.45) is 28.8. The minimum atomic E-state index is 0.796. The van der Waals surface area contributed by atoms with Crippen molar-refractivity contribution >= 4 is 0 Å². The quantitative estimate of drug-likeness (QED) is 0.438. The minimum absolute atomic E-state index is 0.796. The molecule has 0 aromatic heterocycles. The summed E-state index contributed by atoms with van der Waals surface area (Å²) in [5.74, 6) is 2.81. The summed E-state index contributed by atoms with van der Waals surface area (Å²) in [6.45, 7) is 7.91. The molecule has 6 aliphatic heterocycles. The maximum absolute atomic E-state index is 3.06. The Kier molecular flexibility index (Phi) is 7.71. The van der Waals surface area contributed by atoms with Crippen LogP contribution in [0.2, 0.25) is 0 Å². The number of nitrogens with zero attached hydrogens (tertiary/aromatic N) is 3. The van der Waals surface area contributed by atoms with Crippen molar-refractivity contribution in [2.24, 2.45) is 17.8 Å². The molecule has 0 amide bonds. The normalized spacial score (nSPS) is 44.6. The van der Waals surface area contributed by atoms with Crippen LogP contribution in [0.5, 0.6) is 0 Å². The molecule has 6 heterocycles. The van der Waals surface area contributed by atoms with Crippen LogP contribution in [0.1, 0.15) is 110 Å². The largest absolute Gasteiger partial charge is 0.300 e. The average Bonchev–Trinajstić information content (AvgIpc) is 3.07. The fraction of sp³-hybridized carbons (Fsp3) is 0.935. The van der Waals surface area contributed by atoms with E-state index in [9.17, 15) is 0 Å². The van der Waals surface area contributed by atoms with E-state index in [1.54, 1.807) is 6.42 Å². The molecule has 34 heavy (non-hydrogen) atoms. The Morgan fingerprint density at radius 2 is 1.62 bits per heavy atom. The van der Waals surface area contributed by atoms with Gasteiger partial charge in [-0.2, -0.15) is 0 Å². The molecule has 0 spiro atoms. The van der Waals surface area contributed by atoms with Crippen LogP contribution in [0.3, 0.4) is 0 Å². The van der Waals surface area contributed by atoms with E-state index in [0.29, 0.717) is 0 Å². The van der Waals surface area contributed by atoms with Gasteiger partial charge in [0.15, 0.2) is 0 Å². The first-order chi connectivity index (χ1) is 16.7. The lowest BCUT2D eigenvalue weighted by Gasteiger charge is -2.48. The Labute approximate surface area is 210 Å². The van der Waals surface area contributed by atoms with Gasteiger partial charge in [0.1, 0.15) is 0 Å². The predicted octanol–water partition coefficient (Wildman–Crippen LogP) is 6.48. The van der Waals surface area contributed by atoms with E-state index in [-0.39, 0.29) is 0 Å². The second-order valence-corrected chi connectivity index (χ2v) is 13.4. The molecule has 8 unspecified atom stereocenters. The van der Waals surface area contributed by atoms with Gasteiger partial charge in [-0.05, 0) is 121 Å². The van der Waals surface area contributed by atoms with Gasteiger partial charge in [-0.25, -0.2) is 0 Å². The van der Waals surface area contributed by atoms with Crippen LogP contribution in [-0.4, -0.2) is 71.1 Å². The summed E-state index contributed by atoms with van der Waals surface area (Å²) in [5.41, 5.74) is 0. The van der Waals surface area contributed by atoms with Crippen LogP contribution in [0.25, 0.3) is 0 Å². The molecule has 0 radical (unpaired) electrons. The summed E-state index contributed by atoms with van der Waals surface area (Å²) >= 11 is 0. The lowest BCUT2D eigenvalue weighted by atomic mass is 9.78. The molecule has 0 bridgehead atoms. The van der Waals surface area contributed by atoms with Crippen LogP contribution >= 0.6 is 0 Å². The summed E-state index contributed by atoms with van der Waals surface area (Å²) in [7, 11) is 0. The molecule has 0 aliphatic carbocycles. The standard InChI is InChI=1S/C31H53N3/c1-24-8-4-14-31-27(10-7-18-33(24)31)22-30-13-5-12-29-21-25(9-6-19-34(29)30)20-26-15-16-28-11-2-3-17-32(28)23-26/h7,10,24-31H,2-6,8-9,11-23H2,1H3. The summed E-state index contributed by atoms with van der Waals surface area (Å²) in [4.78, 5) is 8.80. The summed E-state index contributed by atoms with van der Waals surface area (Å²) in [6, 6.07) is 4.33. The highest BCUT2D eigenvalue weighted by Crippen LogP contribution is 2.41. The lowest BCUT2D eigenvalue weighted by molar-refractivity contribution is 0.0307. The molecule has 5 fully saturated rings. The van der Waals surface area contributed by atoms with Crippen LogP contribution in [0, 0.1) is 17.8 Å². The number of fused-ring (bicyclic) bond motifs is 3. The fourth-order valence-corrected chi connectivity index (χ4v) is 9.60. The zero-order valence-corrected chi connectivity index (χ0v) is 22.3. The van der Waals surface area contributed by atoms with Crippen molar-refractivity contribution in [1.82, 2.24) is 14.7 Å². The molecule has 6 rings (SSSR count). The third-order valence-corrected chi connectivity index (χ3v) is 11.3. The van der Waals surface area contributed by atoms with Crippen molar-refractivity contribution in [3.05, 3.63) is 12.2 Å². The van der Waals surface area contributed by atoms with Crippen LogP contribution in [-0.2, 0) is 0 Å². The molecule has 3 nitrogen and oxygen atoms in total. The van der Waals surface area contributed by atoms with Gasteiger partial charge in [0.2, 0.25) is 0 Å². The highest BCUT2D eigenvalue weighted by molar-refractivity contribution is 5.06. The van der Waals surface area contributed by atoms with Gasteiger partial charge >= 0.3 is 0 Å². The molecule has 0 saturated carbocycles. The monoisotopic (exact) mass is 467 g/mol. The molecule has 3 heteroatoms. The van der Waals surface area contributed by atoms with Crippen molar-refractivity contribution in [2.45, 2.75) is 140 Å². The highest BCUT2D eigenvalue weighted by Gasteiger charge is 2.40. The smallest absolute Gasteiger partial charge is 0.0169 e. The molecule has 192 valence electrons. The number of piperidine rings is 4. The molecular weight excluding hydrogens is 414 g/mol. The van der Waals surface area contributed by atoms with Gasteiger partial charge in [0.05, 0.1) is 0 Å². The zero-order valence-electron chi connectivity index (χ0n) is 22.3. The average molecular weight is 468 g/mol. The van der Waals surface area contributed by atoms with Gasteiger partial charge in [-0.15, -0.1) is 0 Å². The first kappa shape index (κ1) is 24.0. The van der Waals surface area contributed by atoms with Crippen LogP contribution in [0.15, 0.2) is 12.2 Å². The molecule has 6 aliphatic rings. The Morgan fingerprint density at radius 3 is 2.59 bits per heavy atom. The summed E-state index contributed by atoms with van der Waals surface area (Å²) < 4.78 is 0. The Balaban J connectivity index is 1.06. The first-order valence-electron chi connectivity index (χ1n) is 15.7. The molecule has 0 aromatic rings. The number of rotatable bonds is 4. The van der Waals surface area contributed by atoms with Gasteiger partial charge in [0.25, 0.3) is 0 Å². The van der Waals surface area contributed by atoms with E-state index in [2.05, 4.69) is 33.8 Å². The second-order valence-electron chi connectivity index (χ2n) is 13.4. The molecular formula is C31H53N3. The third-order valence-electron chi connectivity index (χ3n) is 11.3. The van der Waals surface area contributed by atoms with E-state index in [4.69, 9.17) is 0 Å². The van der Waals surface area contributed by atoms with Crippen molar-refractivity contribution in [3.8, 4) is 0 Å². The van der Waals surface area contributed by atoms with Crippen molar-refractivity contribution in [2.75, 3.05) is 26.2 Å². The Morgan fingerprint density at radius 1 is 0.706 bits per heavy atom. The lowest BCUT2D eigenvalue weighted by Crippen LogP contribution is -2.53. The van der Waals surface area contributed by atoms with Gasteiger partial charge < -0.3 is 4.90 Å². The number of hydrogen-bond donors (Lipinski definition) is 0. The first-order valence-corrected chi connectivity index (χ1v) is 15.7. The molecule has 8 atom stereocenters. The zero-order chi connectivity index (χ0) is 22.9. The maximum Gasteiger partial charge on any atom is 0.0169 e. The van der Waals surface area contributed by atoms with E-state index >= 15 is 0 Å². The summed E-state index contributed by atoms with van der Waals surface area (Å²) in [5, 5.41) is 0. The van der Waals surface area contributed by atoms with E-state index in [1.165, 1.54) is 122 Å². The Bertz CT molecular complexity index is 690. The topological polar surface area (TPSA) is 9.72 Å². The second kappa shape index (κ2) is 10.9. The fourth-order valence-electron chi connectivity index (χ4n) is 9.60. The van der Waals surface area contributed by atoms with E-state index in [0.717, 1.165) is 48.0 Å². The Hall–Kier alpha value is -0.380. The molecule has 0 N–H and O–H groups in total. The van der Waals surface area contributed by atoms with Crippen LogP contribution in [0.4, 0.5) is 0 Å². The molecule has 5 saturated heterocycles. The van der Waals surface area contributed by atoms with Crippen LogP contribution < -0.4 is 0 Å². The predicted molar refractivity (Wildman–Crippen MR) is 143 cm³/mol. The maximum atomic E-state index is 3.06. The van der Waals surface area contributed by atoms with Gasteiger partial charge in [-0.3, -0.25) is 9.80 Å². The van der Waals surface area contributed by atoms with E-state index in [1.807, 2.05) is 0 Å². The highest BCUT2D eigenvalue weighted by atomic mass is 15.2. The van der Waals surface area contributed by atoms with Crippen molar-refractivity contribution in [3.63, 3.8) is 0 Å². The van der Waals surface area contributed by atoms with Gasteiger partial charge in [-0.1, -0.05) is 31.4 Å². The van der Waals surface area contributed by atoms with Crippen molar-refractivity contribution in [1.29, 1.82) is 0 Å². The third kappa shape index (κ3) is 5.18. The van der Waals surface area contributed by atoms with Crippen molar-refractivity contribution < 1.29 is 0 Å². The number of hydrogen-bond acceptors (Lipinski definition) is 3. The minimum Gasteiger partial charge on any atom is -0.300 e.